The largest absolute Gasteiger partial charge is 0.481 e. The molecular weight excluding hydrogens is 272 g/mol. The van der Waals surface area contributed by atoms with Crippen molar-refractivity contribution in [2.24, 2.45) is 0 Å². The molecule has 0 aromatic rings. The highest BCUT2D eigenvalue weighted by molar-refractivity contribution is 5.66. The Morgan fingerprint density at radius 1 is 0.773 bits per heavy atom. The monoisotopic (exact) mass is 308 g/mol. The van der Waals surface area contributed by atoms with E-state index in [4.69, 9.17) is 5.11 Å². The Hall–Kier alpha value is -1.23. The third-order valence-corrected chi connectivity index (χ3v) is 3.65. The molecule has 0 heterocycles. The van der Waals surface area contributed by atoms with Crippen molar-refractivity contribution in [3.63, 3.8) is 0 Å². The first-order valence-corrected chi connectivity index (χ1v) is 8.97. The van der Waals surface area contributed by atoms with Crippen LogP contribution in [-0.2, 0) is 4.79 Å². The van der Waals surface area contributed by atoms with Crippen molar-refractivity contribution >= 4 is 5.97 Å². The molecule has 22 heavy (non-hydrogen) atoms. The maximum absolute atomic E-state index is 10.3. The van der Waals surface area contributed by atoms with Crippen molar-refractivity contribution in [2.45, 2.75) is 96.8 Å². The van der Waals surface area contributed by atoms with E-state index in [1.807, 2.05) is 0 Å². The summed E-state index contributed by atoms with van der Waals surface area (Å²) in [7, 11) is 0. The van der Waals surface area contributed by atoms with Crippen molar-refractivity contribution in [2.75, 3.05) is 0 Å². The van der Waals surface area contributed by atoms with Crippen LogP contribution < -0.4 is 0 Å². The summed E-state index contributed by atoms with van der Waals surface area (Å²) >= 11 is 0. The van der Waals surface area contributed by atoms with Gasteiger partial charge < -0.3 is 5.11 Å². The molecule has 0 aliphatic rings. The van der Waals surface area contributed by atoms with Gasteiger partial charge in [-0.2, -0.15) is 0 Å². The fourth-order valence-electron chi connectivity index (χ4n) is 2.35. The van der Waals surface area contributed by atoms with E-state index in [0.29, 0.717) is 6.42 Å². The summed E-state index contributed by atoms with van der Waals surface area (Å²) in [5.41, 5.74) is 0. The van der Waals surface area contributed by atoms with E-state index in [2.05, 4.69) is 31.9 Å². The van der Waals surface area contributed by atoms with Crippen LogP contribution in [-0.4, -0.2) is 11.1 Å². The highest BCUT2D eigenvalue weighted by atomic mass is 16.4. The van der Waals surface area contributed by atoms with Crippen LogP contribution in [0.15, 0.2) is 12.2 Å². The molecule has 1 N–H and O–H groups in total. The minimum Gasteiger partial charge on any atom is -0.481 e. The lowest BCUT2D eigenvalue weighted by Crippen LogP contribution is -1.93. The topological polar surface area (TPSA) is 37.3 Å². The third-order valence-electron chi connectivity index (χ3n) is 3.65. The van der Waals surface area contributed by atoms with Crippen LogP contribution in [0.3, 0.4) is 0 Å². The molecule has 0 aromatic carbocycles. The molecule has 0 radical (unpaired) electrons. The fraction of sp³-hybridized carbons (Fsp3) is 0.750. The standard InChI is InChI=1S/C18H34O2.C2H2/c1-2-3-4-5-6-7-8-9-10-11-12-13-14-15-16-17-18(19)20;1-2/h9-10H,2-8,11-17H2,1H3,(H,19,20);1-2H/b10-9-;. The second kappa shape index (κ2) is 22.1. The lowest BCUT2D eigenvalue weighted by atomic mass is 10.1. The van der Waals surface area contributed by atoms with Crippen molar-refractivity contribution in [3.8, 4) is 12.8 Å². The lowest BCUT2D eigenvalue weighted by molar-refractivity contribution is -0.137. The molecule has 2 heteroatoms. The predicted molar refractivity (Wildman–Crippen MR) is 97.0 cm³/mol. The molecule has 0 spiro atoms. The van der Waals surface area contributed by atoms with E-state index in [1.54, 1.807) is 0 Å². The number of hydrogen-bond donors (Lipinski definition) is 1. The summed E-state index contributed by atoms with van der Waals surface area (Å²) in [6, 6.07) is 0. The number of carboxylic acid groups (broad SMARTS) is 1. The molecule has 0 aliphatic carbocycles. The summed E-state index contributed by atoms with van der Waals surface area (Å²) in [5, 5.41) is 8.51. The average Bonchev–Trinajstić information content (AvgIpc) is 2.53. The summed E-state index contributed by atoms with van der Waals surface area (Å²) in [6.07, 6.45) is 29.2. The first-order valence-electron chi connectivity index (χ1n) is 8.97. The second-order valence-corrected chi connectivity index (χ2v) is 5.73. The maximum atomic E-state index is 10.3. The van der Waals surface area contributed by atoms with E-state index in [0.717, 1.165) is 12.8 Å². The molecule has 0 aliphatic heterocycles. The molecule has 0 saturated carbocycles. The van der Waals surface area contributed by atoms with Gasteiger partial charge in [-0.15, -0.1) is 12.8 Å². The maximum Gasteiger partial charge on any atom is 0.303 e. The van der Waals surface area contributed by atoms with E-state index in [1.165, 1.54) is 70.6 Å². The molecule has 128 valence electrons. The van der Waals surface area contributed by atoms with Gasteiger partial charge in [0.15, 0.2) is 0 Å². The van der Waals surface area contributed by atoms with E-state index >= 15 is 0 Å². The Kier molecular flexibility index (Phi) is 23.1. The van der Waals surface area contributed by atoms with Gasteiger partial charge in [0.05, 0.1) is 0 Å². The fourth-order valence-corrected chi connectivity index (χ4v) is 2.35. The van der Waals surface area contributed by atoms with Crippen molar-refractivity contribution < 1.29 is 9.90 Å². The van der Waals surface area contributed by atoms with E-state index in [9.17, 15) is 4.79 Å². The Morgan fingerprint density at radius 3 is 1.64 bits per heavy atom. The smallest absolute Gasteiger partial charge is 0.303 e. The molecule has 0 rings (SSSR count). The van der Waals surface area contributed by atoms with E-state index < -0.39 is 5.97 Å². The van der Waals surface area contributed by atoms with Crippen LogP contribution in [0.1, 0.15) is 96.8 Å². The summed E-state index contributed by atoms with van der Waals surface area (Å²) in [4.78, 5) is 10.3. The molecule has 0 fully saturated rings. The summed E-state index contributed by atoms with van der Waals surface area (Å²) < 4.78 is 0. The molecule has 0 amide bonds. The van der Waals surface area contributed by atoms with Gasteiger partial charge in [0.2, 0.25) is 0 Å². The average molecular weight is 309 g/mol. The highest BCUT2D eigenvalue weighted by Gasteiger charge is 1.95. The molecule has 0 atom stereocenters. The van der Waals surface area contributed by atoms with Gasteiger partial charge in [0, 0.05) is 6.42 Å². The molecule has 0 bridgehead atoms. The number of carbonyl (C=O) groups is 1. The summed E-state index contributed by atoms with van der Waals surface area (Å²) in [6.45, 7) is 2.26. The Balaban J connectivity index is 0. The van der Waals surface area contributed by atoms with Crippen molar-refractivity contribution in [1.29, 1.82) is 0 Å². The van der Waals surface area contributed by atoms with Crippen LogP contribution in [0.25, 0.3) is 0 Å². The SMILES string of the molecule is C#C.CCCCCCCC/C=C\CCCCCCCC(=O)O. The van der Waals surface area contributed by atoms with Crippen LogP contribution in [0.2, 0.25) is 0 Å². The van der Waals surface area contributed by atoms with Gasteiger partial charge in [0.25, 0.3) is 0 Å². The number of aliphatic carboxylic acids is 1. The van der Waals surface area contributed by atoms with Crippen LogP contribution in [0.4, 0.5) is 0 Å². The lowest BCUT2D eigenvalue weighted by Gasteiger charge is -1.99. The minimum atomic E-state index is -0.664. The highest BCUT2D eigenvalue weighted by Crippen LogP contribution is 2.09. The zero-order valence-corrected chi connectivity index (χ0v) is 14.6. The summed E-state index contributed by atoms with van der Waals surface area (Å²) in [5.74, 6) is -0.664. The minimum absolute atomic E-state index is 0.332. The molecule has 0 unspecified atom stereocenters. The molecular formula is C20H36O2. The van der Waals surface area contributed by atoms with E-state index in [-0.39, 0.29) is 0 Å². The zero-order valence-electron chi connectivity index (χ0n) is 14.6. The number of carboxylic acids is 1. The number of hydrogen-bond acceptors (Lipinski definition) is 1. The Morgan fingerprint density at radius 2 is 1.18 bits per heavy atom. The van der Waals surface area contributed by atoms with Gasteiger partial charge in [-0.1, -0.05) is 70.4 Å². The van der Waals surface area contributed by atoms with Gasteiger partial charge in [-0.05, 0) is 32.1 Å². The first-order chi connectivity index (χ1) is 10.8. The predicted octanol–water partition coefficient (Wildman–Crippen LogP) is 6.36. The normalized spacial score (nSPS) is 10.3. The number of rotatable bonds is 15. The quantitative estimate of drug-likeness (QED) is 0.217. The van der Waals surface area contributed by atoms with Crippen LogP contribution in [0.5, 0.6) is 0 Å². The second-order valence-electron chi connectivity index (χ2n) is 5.73. The van der Waals surface area contributed by atoms with Gasteiger partial charge >= 0.3 is 5.97 Å². The van der Waals surface area contributed by atoms with Gasteiger partial charge in [-0.3, -0.25) is 4.79 Å². The Labute approximate surface area is 138 Å². The number of terminal acetylenes is 1. The van der Waals surface area contributed by atoms with Gasteiger partial charge in [-0.25, -0.2) is 0 Å². The molecule has 0 saturated heterocycles. The van der Waals surface area contributed by atoms with Gasteiger partial charge in [0.1, 0.15) is 0 Å². The Bertz CT molecular complexity index is 266. The number of unbranched alkanes of at least 4 members (excludes halogenated alkanes) is 11. The van der Waals surface area contributed by atoms with Crippen LogP contribution >= 0.6 is 0 Å². The zero-order chi connectivity index (χ0) is 16.9. The molecule has 0 aromatic heterocycles. The van der Waals surface area contributed by atoms with Crippen molar-refractivity contribution in [3.05, 3.63) is 12.2 Å². The van der Waals surface area contributed by atoms with Crippen molar-refractivity contribution in [1.82, 2.24) is 0 Å². The first kappa shape index (κ1) is 23.0. The van der Waals surface area contributed by atoms with Crippen LogP contribution in [0, 0.1) is 12.8 Å². The molecule has 2 nitrogen and oxygen atoms in total. The third kappa shape index (κ3) is 23.8. The number of allylic oxidation sites excluding steroid dienone is 2.